The largest absolute Gasteiger partial charge is 0.496 e. The van der Waals surface area contributed by atoms with Gasteiger partial charge < -0.3 is 19.4 Å². The Morgan fingerprint density at radius 2 is 1.94 bits per heavy atom. The van der Waals surface area contributed by atoms with Crippen LogP contribution in [0.5, 0.6) is 5.75 Å². The van der Waals surface area contributed by atoms with Gasteiger partial charge in [-0.3, -0.25) is 0 Å². The molecule has 2 aromatic carbocycles. The normalized spacial score (nSPS) is 13.2. The fraction of sp³-hybridized carbons (Fsp3) is 0.227. The molecule has 3 heterocycles. The van der Waals surface area contributed by atoms with E-state index in [-0.39, 0.29) is 11.6 Å². The van der Waals surface area contributed by atoms with Crippen molar-refractivity contribution in [3.63, 3.8) is 0 Å². The molecule has 0 fully saturated rings. The fourth-order valence-corrected chi connectivity index (χ4v) is 3.75. The van der Waals surface area contributed by atoms with Crippen LogP contribution in [0.25, 0.3) is 11.3 Å². The number of rotatable bonds is 5. The molecule has 1 N–H and O–H groups in total. The maximum absolute atomic E-state index is 14.4. The SMILES string of the molecule is COc1cc(Nc2nc3n(n2)CCCN3c2ccc(F)c(F)c2F)ccc1-c1cnc(C)o1. The lowest BCUT2D eigenvalue weighted by Crippen LogP contribution is -2.29. The van der Waals surface area contributed by atoms with Gasteiger partial charge >= 0.3 is 0 Å². The van der Waals surface area contributed by atoms with Crippen LogP contribution in [0, 0.1) is 24.4 Å². The Kier molecular flexibility index (Phi) is 5.15. The number of nitrogens with one attached hydrogen (secondary N) is 1. The number of oxazole rings is 1. The molecule has 4 aromatic rings. The molecule has 5 rings (SSSR count). The van der Waals surface area contributed by atoms with Crippen LogP contribution >= 0.6 is 0 Å². The van der Waals surface area contributed by atoms with Gasteiger partial charge in [-0.25, -0.2) is 22.8 Å². The zero-order chi connectivity index (χ0) is 23.1. The molecule has 1 aliphatic heterocycles. The summed E-state index contributed by atoms with van der Waals surface area (Å²) in [6.07, 6.45) is 2.25. The van der Waals surface area contributed by atoms with Crippen LogP contribution in [0.3, 0.4) is 0 Å². The summed E-state index contributed by atoms with van der Waals surface area (Å²) in [6, 6.07) is 7.48. The maximum Gasteiger partial charge on any atom is 0.248 e. The standard InChI is InChI=1S/C22H19F3N6O2/c1-12-26-11-18(33-12)14-5-4-13(10-17(14)32-2)27-21-28-22-30(8-3-9-31(22)29-21)16-7-6-15(23)19(24)20(16)25/h4-7,10-11H,3,8-9H2,1-2H3,(H,27,29). The van der Waals surface area contributed by atoms with Crippen molar-refractivity contribution in [2.75, 3.05) is 23.9 Å². The zero-order valence-corrected chi connectivity index (χ0v) is 17.8. The van der Waals surface area contributed by atoms with E-state index >= 15 is 0 Å². The van der Waals surface area contributed by atoms with Crippen LogP contribution in [0.15, 0.2) is 40.9 Å². The monoisotopic (exact) mass is 456 g/mol. The van der Waals surface area contributed by atoms with Crippen LogP contribution in [-0.2, 0) is 6.54 Å². The molecule has 0 atom stereocenters. The number of aryl methyl sites for hydroxylation is 2. The molecule has 0 bridgehead atoms. The average Bonchev–Trinajstić information content (AvgIpc) is 3.43. The van der Waals surface area contributed by atoms with Gasteiger partial charge in [-0.15, -0.1) is 5.10 Å². The van der Waals surface area contributed by atoms with Crippen LogP contribution in [0.2, 0.25) is 0 Å². The van der Waals surface area contributed by atoms with Crippen molar-refractivity contribution in [1.29, 1.82) is 0 Å². The molecule has 0 aliphatic carbocycles. The van der Waals surface area contributed by atoms with Crippen molar-refractivity contribution in [3.8, 4) is 17.1 Å². The van der Waals surface area contributed by atoms with Gasteiger partial charge in [0.25, 0.3) is 0 Å². The second-order valence-electron chi connectivity index (χ2n) is 7.44. The molecule has 2 aromatic heterocycles. The van der Waals surface area contributed by atoms with E-state index in [0.717, 1.165) is 11.6 Å². The van der Waals surface area contributed by atoms with Crippen LogP contribution in [-0.4, -0.2) is 33.4 Å². The van der Waals surface area contributed by atoms with E-state index in [1.807, 2.05) is 12.1 Å². The first kappa shape index (κ1) is 20.9. The number of ether oxygens (including phenoxy) is 1. The Hall–Kier alpha value is -4.02. The topological polar surface area (TPSA) is 81.2 Å². The third kappa shape index (κ3) is 3.75. The molecular formula is C22H19F3N6O2. The van der Waals surface area contributed by atoms with Gasteiger partial charge in [-0.2, -0.15) is 4.98 Å². The van der Waals surface area contributed by atoms with Gasteiger partial charge in [0.2, 0.25) is 11.9 Å². The number of halogens is 3. The number of hydrogen-bond donors (Lipinski definition) is 1. The highest BCUT2D eigenvalue weighted by Crippen LogP contribution is 2.35. The minimum Gasteiger partial charge on any atom is -0.496 e. The molecule has 0 saturated heterocycles. The minimum atomic E-state index is -1.52. The summed E-state index contributed by atoms with van der Waals surface area (Å²) in [7, 11) is 1.55. The average molecular weight is 456 g/mol. The first-order chi connectivity index (χ1) is 15.9. The van der Waals surface area contributed by atoms with Crippen molar-refractivity contribution in [3.05, 3.63) is 59.9 Å². The van der Waals surface area contributed by atoms with Gasteiger partial charge in [0.15, 0.2) is 29.1 Å². The third-order valence-corrected chi connectivity index (χ3v) is 5.30. The quantitative estimate of drug-likeness (QED) is 0.426. The molecule has 170 valence electrons. The summed E-state index contributed by atoms with van der Waals surface area (Å²) in [6.45, 7) is 2.70. The number of anilines is 4. The highest BCUT2D eigenvalue weighted by molar-refractivity contribution is 5.71. The summed E-state index contributed by atoms with van der Waals surface area (Å²) in [5.74, 6) is -1.74. The molecule has 0 radical (unpaired) electrons. The Bertz CT molecular complexity index is 1340. The summed E-state index contributed by atoms with van der Waals surface area (Å²) in [4.78, 5) is 10.0. The number of hydrogen-bond acceptors (Lipinski definition) is 7. The van der Waals surface area contributed by atoms with Gasteiger partial charge in [0.05, 0.1) is 24.6 Å². The molecule has 11 heteroatoms. The highest BCUT2D eigenvalue weighted by atomic mass is 19.2. The van der Waals surface area contributed by atoms with E-state index in [2.05, 4.69) is 20.4 Å². The van der Waals surface area contributed by atoms with E-state index in [1.54, 1.807) is 31.0 Å². The van der Waals surface area contributed by atoms with Gasteiger partial charge in [0.1, 0.15) is 5.75 Å². The van der Waals surface area contributed by atoms with Crippen LogP contribution < -0.4 is 15.0 Å². The van der Waals surface area contributed by atoms with Crippen molar-refractivity contribution < 1.29 is 22.3 Å². The molecular weight excluding hydrogens is 437 g/mol. The fourth-order valence-electron chi connectivity index (χ4n) is 3.75. The molecule has 0 unspecified atom stereocenters. The first-order valence-electron chi connectivity index (χ1n) is 10.2. The van der Waals surface area contributed by atoms with Crippen molar-refractivity contribution in [2.45, 2.75) is 19.9 Å². The predicted molar refractivity (Wildman–Crippen MR) is 114 cm³/mol. The van der Waals surface area contributed by atoms with Gasteiger partial charge in [-0.1, -0.05) is 0 Å². The summed E-state index contributed by atoms with van der Waals surface area (Å²) >= 11 is 0. The smallest absolute Gasteiger partial charge is 0.248 e. The lowest BCUT2D eigenvalue weighted by molar-refractivity contribution is 0.414. The summed E-state index contributed by atoms with van der Waals surface area (Å²) < 4.78 is 54.2. The number of benzene rings is 2. The maximum atomic E-state index is 14.4. The molecule has 0 saturated carbocycles. The number of nitrogens with zero attached hydrogens (tertiary/aromatic N) is 5. The third-order valence-electron chi connectivity index (χ3n) is 5.30. The van der Waals surface area contributed by atoms with Gasteiger partial charge in [0, 0.05) is 31.8 Å². The van der Waals surface area contributed by atoms with Gasteiger partial charge in [-0.05, 0) is 30.7 Å². The number of fused-ring (bicyclic) bond motifs is 1. The summed E-state index contributed by atoms with van der Waals surface area (Å²) in [5, 5.41) is 7.53. The van der Waals surface area contributed by atoms with Crippen molar-refractivity contribution in [1.82, 2.24) is 19.7 Å². The number of aromatic nitrogens is 4. The molecule has 0 amide bonds. The van der Waals surface area contributed by atoms with E-state index in [1.165, 1.54) is 11.0 Å². The van der Waals surface area contributed by atoms with E-state index < -0.39 is 17.5 Å². The molecule has 0 spiro atoms. The van der Waals surface area contributed by atoms with Crippen molar-refractivity contribution >= 4 is 23.3 Å². The second kappa shape index (κ2) is 8.15. The number of methoxy groups -OCH3 is 1. The Balaban J connectivity index is 1.44. The Labute approximate surface area is 186 Å². The second-order valence-corrected chi connectivity index (χ2v) is 7.44. The zero-order valence-electron chi connectivity index (χ0n) is 17.8. The minimum absolute atomic E-state index is 0.0952. The Morgan fingerprint density at radius 3 is 2.70 bits per heavy atom. The van der Waals surface area contributed by atoms with E-state index in [0.29, 0.717) is 48.5 Å². The first-order valence-corrected chi connectivity index (χ1v) is 10.2. The lowest BCUT2D eigenvalue weighted by atomic mass is 10.1. The highest BCUT2D eigenvalue weighted by Gasteiger charge is 2.27. The van der Waals surface area contributed by atoms with Crippen LogP contribution in [0.1, 0.15) is 12.3 Å². The predicted octanol–water partition coefficient (Wildman–Crippen LogP) is 4.95. The van der Waals surface area contributed by atoms with Crippen molar-refractivity contribution in [2.24, 2.45) is 0 Å². The molecule has 33 heavy (non-hydrogen) atoms. The van der Waals surface area contributed by atoms with E-state index in [9.17, 15) is 13.2 Å². The lowest BCUT2D eigenvalue weighted by Gasteiger charge is -2.28. The molecule has 8 nitrogen and oxygen atoms in total. The van der Waals surface area contributed by atoms with Crippen LogP contribution in [0.4, 0.5) is 36.4 Å². The molecule has 1 aliphatic rings. The summed E-state index contributed by atoms with van der Waals surface area (Å²) in [5.41, 5.74) is 1.29. The van der Waals surface area contributed by atoms with E-state index in [4.69, 9.17) is 9.15 Å². The Morgan fingerprint density at radius 1 is 1.09 bits per heavy atom.